The number of aromatic nitrogens is 4. The van der Waals surface area contributed by atoms with E-state index in [-0.39, 0.29) is 5.91 Å². The second-order valence-electron chi connectivity index (χ2n) is 6.15. The van der Waals surface area contributed by atoms with E-state index in [1.807, 2.05) is 23.1 Å². The number of amides is 1. The zero-order valence-electron chi connectivity index (χ0n) is 13.5. The lowest BCUT2D eigenvalue weighted by atomic mass is 9.98. The average molecular weight is 341 g/mol. The number of carbonyl (C=O) groups is 1. The van der Waals surface area contributed by atoms with Gasteiger partial charge in [0.05, 0.1) is 10.7 Å². The van der Waals surface area contributed by atoms with Crippen molar-refractivity contribution in [2.75, 3.05) is 13.1 Å². The molecule has 0 bridgehead atoms. The molecule has 124 valence electrons. The number of fused-ring (bicyclic) bond motifs is 1. The van der Waals surface area contributed by atoms with Crippen molar-refractivity contribution in [2.45, 2.75) is 32.1 Å². The lowest BCUT2D eigenvalue weighted by Gasteiger charge is -2.32. The van der Waals surface area contributed by atoms with E-state index in [4.69, 9.17) is 4.98 Å². The predicted molar refractivity (Wildman–Crippen MR) is 93.3 cm³/mol. The van der Waals surface area contributed by atoms with Crippen LogP contribution in [0.4, 0.5) is 0 Å². The Hall–Kier alpha value is -2.28. The van der Waals surface area contributed by atoms with Gasteiger partial charge in [-0.15, -0.1) is 11.3 Å². The molecule has 0 spiro atoms. The maximum Gasteiger partial charge on any atom is 0.253 e. The number of hydrogen-bond acceptors (Lipinski definition) is 5. The quantitative estimate of drug-likeness (QED) is 0.795. The fourth-order valence-electron chi connectivity index (χ4n) is 3.19. The van der Waals surface area contributed by atoms with Gasteiger partial charge < -0.3 is 4.90 Å². The zero-order valence-corrected chi connectivity index (χ0v) is 14.3. The van der Waals surface area contributed by atoms with Crippen LogP contribution >= 0.6 is 11.3 Å². The fraction of sp³-hybridized carbons (Fsp3) is 0.412. The normalized spacial score (nSPS) is 18.2. The number of rotatable bonds is 3. The molecule has 1 aliphatic rings. The van der Waals surface area contributed by atoms with E-state index in [0.717, 1.165) is 54.1 Å². The molecule has 1 unspecified atom stereocenters. The second-order valence-corrected chi connectivity index (χ2v) is 7.04. The highest BCUT2D eigenvalue weighted by Crippen LogP contribution is 2.30. The molecule has 3 aromatic rings. The summed E-state index contributed by atoms with van der Waals surface area (Å²) in [6, 6.07) is 5.47. The van der Waals surface area contributed by atoms with Crippen molar-refractivity contribution in [3.8, 4) is 0 Å². The molecule has 1 atom stereocenters. The maximum atomic E-state index is 12.9. The summed E-state index contributed by atoms with van der Waals surface area (Å²) in [6.07, 6.45) is 3.08. The molecule has 1 saturated heterocycles. The molecule has 7 heteroatoms. The number of benzene rings is 1. The third-order valence-electron chi connectivity index (χ3n) is 4.55. The van der Waals surface area contributed by atoms with Crippen molar-refractivity contribution in [1.82, 2.24) is 25.3 Å². The number of hydrogen-bond donors (Lipinski definition) is 1. The molecule has 0 radical (unpaired) electrons. The van der Waals surface area contributed by atoms with E-state index >= 15 is 0 Å². The van der Waals surface area contributed by atoms with Crippen molar-refractivity contribution in [3.05, 3.63) is 39.8 Å². The first-order valence-electron chi connectivity index (χ1n) is 8.28. The molecule has 2 aromatic heterocycles. The summed E-state index contributed by atoms with van der Waals surface area (Å²) < 4.78 is 0. The number of piperidine rings is 1. The number of aryl methyl sites for hydroxylation is 1. The number of thiazole rings is 1. The van der Waals surface area contributed by atoms with Crippen molar-refractivity contribution < 1.29 is 4.79 Å². The molecule has 1 fully saturated rings. The van der Waals surface area contributed by atoms with Gasteiger partial charge in [0.15, 0.2) is 0 Å². The maximum absolute atomic E-state index is 12.9. The number of nitrogens with one attached hydrogen (secondary N) is 1. The van der Waals surface area contributed by atoms with Gasteiger partial charge in [0.25, 0.3) is 5.91 Å². The monoisotopic (exact) mass is 341 g/mol. The summed E-state index contributed by atoms with van der Waals surface area (Å²) in [5, 5.41) is 14.0. The Labute approximate surface area is 143 Å². The minimum absolute atomic E-state index is 0.0665. The Morgan fingerprint density at radius 1 is 1.38 bits per heavy atom. The molecule has 24 heavy (non-hydrogen) atoms. The SMILES string of the molecule is CCc1csc(C2CCCN(C(=O)c3ccc4n[nH]nc4c3)C2)n1. The molecule has 0 aliphatic carbocycles. The number of nitrogens with zero attached hydrogens (tertiary/aromatic N) is 4. The van der Waals surface area contributed by atoms with Gasteiger partial charge in [-0.25, -0.2) is 4.98 Å². The lowest BCUT2D eigenvalue weighted by molar-refractivity contribution is 0.0707. The van der Waals surface area contributed by atoms with E-state index in [1.165, 1.54) is 0 Å². The first kappa shape index (κ1) is 15.3. The molecule has 6 nitrogen and oxygen atoms in total. The predicted octanol–water partition coefficient (Wildman–Crippen LogP) is 3.00. The Balaban J connectivity index is 1.53. The van der Waals surface area contributed by atoms with Crippen LogP contribution in [0.5, 0.6) is 0 Å². The summed E-state index contributed by atoms with van der Waals surface area (Å²) in [4.78, 5) is 19.5. The zero-order chi connectivity index (χ0) is 16.5. The number of H-pyrrole nitrogens is 1. The Bertz CT molecular complexity index is 871. The third kappa shape index (κ3) is 2.80. The summed E-state index contributed by atoms with van der Waals surface area (Å²) in [6.45, 7) is 3.67. The molecule has 1 aliphatic heterocycles. The van der Waals surface area contributed by atoms with Crippen molar-refractivity contribution in [2.24, 2.45) is 0 Å². The Morgan fingerprint density at radius 3 is 3.08 bits per heavy atom. The average Bonchev–Trinajstić information content (AvgIpc) is 3.29. The first-order valence-corrected chi connectivity index (χ1v) is 9.16. The second kappa shape index (κ2) is 6.32. The minimum Gasteiger partial charge on any atom is -0.338 e. The van der Waals surface area contributed by atoms with Gasteiger partial charge in [0, 0.05) is 30.0 Å². The summed E-state index contributed by atoms with van der Waals surface area (Å²) in [7, 11) is 0. The summed E-state index contributed by atoms with van der Waals surface area (Å²) in [5.74, 6) is 0.417. The third-order valence-corrected chi connectivity index (χ3v) is 5.61. The van der Waals surface area contributed by atoms with Crippen LogP contribution in [0, 0.1) is 0 Å². The first-order chi connectivity index (χ1) is 11.7. The van der Waals surface area contributed by atoms with Crippen LogP contribution in [0.3, 0.4) is 0 Å². The Morgan fingerprint density at radius 2 is 2.25 bits per heavy atom. The van der Waals surface area contributed by atoms with Crippen LogP contribution in [0.15, 0.2) is 23.6 Å². The molecular weight excluding hydrogens is 322 g/mol. The summed E-state index contributed by atoms with van der Waals surface area (Å²) >= 11 is 1.72. The van der Waals surface area contributed by atoms with Gasteiger partial charge in [-0.2, -0.15) is 15.4 Å². The summed E-state index contributed by atoms with van der Waals surface area (Å²) in [5.41, 5.74) is 3.32. The van der Waals surface area contributed by atoms with E-state index in [0.29, 0.717) is 11.5 Å². The van der Waals surface area contributed by atoms with Crippen LogP contribution < -0.4 is 0 Å². The molecule has 4 rings (SSSR count). The van der Waals surface area contributed by atoms with E-state index in [9.17, 15) is 4.79 Å². The van der Waals surface area contributed by atoms with Gasteiger partial charge in [0.1, 0.15) is 11.0 Å². The van der Waals surface area contributed by atoms with Gasteiger partial charge in [-0.1, -0.05) is 6.92 Å². The molecule has 3 heterocycles. The van der Waals surface area contributed by atoms with Crippen LogP contribution in [-0.4, -0.2) is 44.3 Å². The highest BCUT2D eigenvalue weighted by atomic mass is 32.1. The minimum atomic E-state index is 0.0665. The van der Waals surface area contributed by atoms with Gasteiger partial charge >= 0.3 is 0 Å². The van der Waals surface area contributed by atoms with Gasteiger partial charge in [-0.3, -0.25) is 4.79 Å². The topological polar surface area (TPSA) is 74.8 Å². The lowest BCUT2D eigenvalue weighted by Crippen LogP contribution is -2.39. The highest BCUT2D eigenvalue weighted by molar-refractivity contribution is 7.09. The van der Waals surface area contributed by atoms with E-state index < -0.39 is 0 Å². The molecule has 0 saturated carbocycles. The van der Waals surface area contributed by atoms with E-state index in [1.54, 1.807) is 11.3 Å². The largest absolute Gasteiger partial charge is 0.338 e. The molecule has 1 amide bonds. The number of likely N-dealkylation sites (tertiary alicyclic amines) is 1. The fourth-order valence-corrected chi connectivity index (χ4v) is 4.22. The van der Waals surface area contributed by atoms with Crippen LogP contribution in [0.2, 0.25) is 0 Å². The van der Waals surface area contributed by atoms with Crippen molar-refractivity contribution >= 4 is 28.3 Å². The smallest absolute Gasteiger partial charge is 0.253 e. The van der Waals surface area contributed by atoms with Crippen LogP contribution in [-0.2, 0) is 6.42 Å². The van der Waals surface area contributed by atoms with Crippen LogP contribution in [0.1, 0.15) is 46.7 Å². The molecule has 1 aromatic carbocycles. The molecular formula is C17H19N5OS. The molecule has 1 N–H and O–H groups in total. The van der Waals surface area contributed by atoms with E-state index in [2.05, 4.69) is 27.7 Å². The number of carbonyl (C=O) groups excluding carboxylic acids is 1. The van der Waals surface area contributed by atoms with Crippen molar-refractivity contribution in [3.63, 3.8) is 0 Å². The standard InChI is InChI=1S/C17H19N5OS/c1-2-13-10-24-16(18-13)12-4-3-7-22(9-12)17(23)11-5-6-14-15(8-11)20-21-19-14/h5-6,8,10,12H,2-4,7,9H2,1H3,(H,19,20,21). The Kier molecular flexibility index (Phi) is 4.02. The van der Waals surface area contributed by atoms with Crippen molar-refractivity contribution in [1.29, 1.82) is 0 Å². The van der Waals surface area contributed by atoms with Gasteiger partial charge in [-0.05, 0) is 37.5 Å². The number of aromatic amines is 1. The van der Waals surface area contributed by atoms with Gasteiger partial charge in [0.2, 0.25) is 0 Å². The highest BCUT2D eigenvalue weighted by Gasteiger charge is 2.27. The van der Waals surface area contributed by atoms with Crippen LogP contribution in [0.25, 0.3) is 11.0 Å².